The zero-order valence-corrected chi connectivity index (χ0v) is 11.0. The van der Waals surface area contributed by atoms with Gasteiger partial charge in [-0.25, -0.2) is 26.7 Å². The van der Waals surface area contributed by atoms with E-state index in [1.807, 2.05) is 4.72 Å². The molecule has 2 aromatic rings. The van der Waals surface area contributed by atoms with E-state index in [2.05, 4.69) is 9.68 Å². The van der Waals surface area contributed by atoms with Gasteiger partial charge in [0.15, 0.2) is 17.4 Å². The predicted octanol–water partition coefficient (Wildman–Crippen LogP) is 1.13. The topological polar surface area (TPSA) is 110 Å². The third kappa shape index (κ3) is 3.23. The van der Waals surface area contributed by atoms with Crippen LogP contribution in [0.2, 0.25) is 0 Å². The summed E-state index contributed by atoms with van der Waals surface area (Å²) in [5.41, 5.74) is -0.686. The van der Waals surface area contributed by atoms with Crippen molar-refractivity contribution in [3.05, 3.63) is 47.4 Å². The lowest BCUT2D eigenvalue weighted by Crippen LogP contribution is -2.25. The Labute approximate surface area is 117 Å². The van der Waals surface area contributed by atoms with Gasteiger partial charge < -0.3 is 9.63 Å². The molecule has 0 fully saturated rings. The largest absolute Gasteiger partial charge is 0.478 e. The highest BCUT2D eigenvalue weighted by molar-refractivity contribution is 7.89. The first-order valence-corrected chi connectivity index (χ1v) is 6.91. The molecule has 7 nitrogen and oxygen atoms in total. The lowest BCUT2D eigenvalue weighted by atomic mass is 10.2. The third-order valence-corrected chi connectivity index (χ3v) is 3.86. The molecule has 21 heavy (non-hydrogen) atoms. The second kappa shape index (κ2) is 5.58. The Morgan fingerprint density at radius 1 is 1.38 bits per heavy atom. The highest BCUT2D eigenvalue weighted by atomic mass is 32.2. The van der Waals surface area contributed by atoms with Crippen LogP contribution >= 0.6 is 0 Å². The van der Waals surface area contributed by atoms with Crippen LogP contribution in [0.1, 0.15) is 16.1 Å². The molecule has 0 radical (unpaired) electrons. The number of sulfonamides is 1. The van der Waals surface area contributed by atoms with Gasteiger partial charge in [0.2, 0.25) is 10.0 Å². The number of hydrogen-bond donors (Lipinski definition) is 2. The Hall–Kier alpha value is -2.33. The third-order valence-electron chi connectivity index (χ3n) is 2.46. The Kier molecular flexibility index (Phi) is 4.00. The molecule has 1 aromatic heterocycles. The number of benzene rings is 1. The fraction of sp³-hybridized carbons (Fsp3) is 0.0909. The standard InChI is InChI=1S/C11H8F2N2O5S/c12-8-3-6(11(16)17)4-9(10(8)13)21(18,19)15-5-7-1-2-14-20-7/h1-4,15H,5H2,(H,16,17). The quantitative estimate of drug-likeness (QED) is 0.855. The predicted molar refractivity (Wildman–Crippen MR) is 63.8 cm³/mol. The first-order valence-electron chi connectivity index (χ1n) is 5.43. The summed E-state index contributed by atoms with van der Waals surface area (Å²) in [5, 5.41) is 12.1. The molecule has 2 rings (SSSR count). The number of carbonyl (C=O) groups is 1. The Bertz CT molecular complexity index is 774. The molecule has 0 aliphatic rings. The minimum atomic E-state index is -4.46. The van der Waals surface area contributed by atoms with Crippen molar-refractivity contribution in [1.82, 2.24) is 9.88 Å². The molecule has 1 heterocycles. The number of aromatic carboxylic acids is 1. The van der Waals surface area contributed by atoms with E-state index < -0.39 is 38.1 Å². The summed E-state index contributed by atoms with van der Waals surface area (Å²) in [6.07, 6.45) is 1.27. The van der Waals surface area contributed by atoms with Crippen molar-refractivity contribution in [2.24, 2.45) is 0 Å². The van der Waals surface area contributed by atoms with Crippen LogP contribution in [0.5, 0.6) is 0 Å². The van der Waals surface area contributed by atoms with Crippen LogP contribution in [0.3, 0.4) is 0 Å². The molecule has 0 bridgehead atoms. The molecule has 112 valence electrons. The second-order valence-electron chi connectivity index (χ2n) is 3.88. The lowest BCUT2D eigenvalue weighted by molar-refractivity contribution is 0.0696. The average Bonchev–Trinajstić information content (AvgIpc) is 2.92. The van der Waals surface area contributed by atoms with Gasteiger partial charge in [0.05, 0.1) is 18.3 Å². The molecular formula is C11H8F2N2O5S. The Morgan fingerprint density at radius 3 is 2.67 bits per heavy atom. The van der Waals surface area contributed by atoms with Crippen LogP contribution in [-0.4, -0.2) is 24.7 Å². The van der Waals surface area contributed by atoms with E-state index in [1.54, 1.807) is 0 Å². The van der Waals surface area contributed by atoms with Crippen LogP contribution in [-0.2, 0) is 16.6 Å². The maximum atomic E-state index is 13.6. The van der Waals surface area contributed by atoms with Gasteiger partial charge in [0.25, 0.3) is 0 Å². The maximum absolute atomic E-state index is 13.6. The molecule has 10 heteroatoms. The Morgan fingerprint density at radius 2 is 2.10 bits per heavy atom. The molecule has 0 atom stereocenters. The lowest BCUT2D eigenvalue weighted by Gasteiger charge is -2.08. The summed E-state index contributed by atoms with van der Waals surface area (Å²) in [6, 6.07) is 2.30. The molecule has 0 aliphatic carbocycles. The van der Waals surface area contributed by atoms with Gasteiger partial charge in [-0.1, -0.05) is 5.16 Å². The summed E-state index contributed by atoms with van der Waals surface area (Å²) < 4.78 is 57.3. The summed E-state index contributed by atoms with van der Waals surface area (Å²) in [7, 11) is -4.46. The van der Waals surface area contributed by atoms with Gasteiger partial charge in [0, 0.05) is 6.07 Å². The van der Waals surface area contributed by atoms with Crippen LogP contribution in [0.4, 0.5) is 8.78 Å². The van der Waals surface area contributed by atoms with Crippen molar-refractivity contribution < 1.29 is 31.6 Å². The zero-order chi connectivity index (χ0) is 15.6. The summed E-state index contributed by atoms with van der Waals surface area (Å²) in [4.78, 5) is 9.66. The van der Waals surface area contributed by atoms with Crippen molar-refractivity contribution in [3.8, 4) is 0 Å². The molecule has 0 saturated carbocycles. The maximum Gasteiger partial charge on any atom is 0.335 e. The van der Waals surface area contributed by atoms with Crippen LogP contribution < -0.4 is 4.72 Å². The van der Waals surface area contributed by atoms with E-state index >= 15 is 0 Å². The van der Waals surface area contributed by atoms with E-state index in [0.29, 0.717) is 12.1 Å². The van der Waals surface area contributed by atoms with Gasteiger partial charge in [-0.2, -0.15) is 0 Å². The molecule has 0 saturated heterocycles. The normalized spacial score (nSPS) is 11.5. The Balaban J connectivity index is 2.37. The van der Waals surface area contributed by atoms with Gasteiger partial charge >= 0.3 is 5.97 Å². The molecule has 0 amide bonds. The van der Waals surface area contributed by atoms with E-state index in [9.17, 15) is 22.0 Å². The molecule has 2 N–H and O–H groups in total. The first kappa shape index (κ1) is 15.1. The van der Waals surface area contributed by atoms with Crippen molar-refractivity contribution in [2.45, 2.75) is 11.4 Å². The smallest absolute Gasteiger partial charge is 0.335 e. The van der Waals surface area contributed by atoms with Crippen LogP contribution in [0.15, 0.2) is 33.8 Å². The van der Waals surface area contributed by atoms with Crippen LogP contribution in [0, 0.1) is 11.6 Å². The van der Waals surface area contributed by atoms with E-state index in [4.69, 9.17) is 5.11 Å². The first-order chi connectivity index (χ1) is 9.81. The highest BCUT2D eigenvalue weighted by Gasteiger charge is 2.24. The van der Waals surface area contributed by atoms with Gasteiger partial charge in [-0.3, -0.25) is 0 Å². The summed E-state index contributed by atoms with van der Waals surface area (Å²) in [6.45, 7) is -0.347. The van der Waals surface area contributed by atoms with E-state index in [0.717, 1.165) is 0 Å². The number of rotatable bonds is 5. The minimum Gasteiger partial charge on any atom is -0.478 e. The van der Waals surface area contributed by atoms with Crippen molar-refractivity contribution in [2.75, 3.05) is 0 Å². The molecule has 1 aromatic carbocycles. The highest BCUT2D eigenvalue weighted by Crippen LogP contribution is 2.20. The van der Waals surface area contributed by atoms with Gasteiger partial charge in [0.1, 0.15) is 4.90 Å². The molecule has 0 spiro atoms. The monoisotopic (exact) mass is 318 g/mol. The van der Waals surface area contributed by atoms with Gasteiger partial charge in [-0.15, -0.1) is 0 Å². The van der Waals surface area contributed by atoms with Crippen molar-refractivity contribution in [3.63, 3.8) is 0 Å². The van der Waals surface area contributed by atoms with Crippen LogP contribution in [0.25, 0.3) is 0 Å². The zero-order valence-electron chi connectivity index (χ0n) is 10.2. The van der Waals surface area contributed by atoms with E-state index in [1.165, 1.54) is 12.3 Å². The number of halogens is 2. The van der Waals surface area contributed by atoms with E-state index in [-0.39, 0.29) is 12.3 Å². The number of nitrogens with zero attached hydrogens (tertiary/aromatic N) is 1. The SMILES string of the molecule is O=C(O)c1cc(F)c(F)c(S(=O)(=O)NCc2ccno2)c1. The second-order valence-corrected chi connectivity index (χ2v) is 5.61. The van der Waals surface area contributed by atoms with Crippen molar-refractivity contribution in [1.29, 1.82) is 0 Å². The van der Waals surface area contributed by atoms with Gasteiger partial charge in [-0.05, 0) is 12.1 Å². The van der Waals surface area contributed by atoms with Crippen molar-refractivity contribution >= 4 is 16.0 Å². The molecule has 0 unspecified atom stereocenters. The number of nitrogens with one attached hydrogen (secondary N) is 1. The fourth-order valence-electron chi connectivity index (χ4n) is 1.46. The fourth-order valence-corrected chi connectivity index (χ4v) is 2.56. The number of hydrogen-bond acceptors (Lipinski definition) is 5. The summed E-state index contributed by atoms with van der Waals surface area (Å²) in [5.74, 6) is -4.67. The average molecular weight is 318 g/mol. The number of carboxylic acid groups (broad SMARTS) is 1. The molecule has 0 aliphatic heterocycles. The molecular weight excluding hydrogens is 310 g/mol. The minimum absolute atomic E-state index is 0.147. The number of aromatic nitrogens is 1. The number of carboxylic acids is 1. The summed E-state index contributed by atoms with van der Waals surface area (Å²) >= 11 is 0.